The molecule has 2 N–H and O–H groups in total. The average molecular weight is 408 g/mol. The minimum atomic E-state index is -0.802. The molecule has 3 rings (SSSR count). The Balaban J connectivity index is 1.47. The molecule has 156 valence electrons. The Hall–Kier alpha value is -3.81. The molecular weight excluding hydrogens is 384 g/mol. The first kappa shape index (κ1) is 20.9. The van der Waals surface area contributed by atoms with Crippen molar-refractivity contribution in [3.63, 3.8) is 0 Å². The third kappa shape index (κ3) is 5.84. The van der Waals surface area contributed by atoms with Crippen LogP contribution in [0.2, 0.25) is 0 Å². The van der Waals surface area contributed by atoms with E-state index in [9.17, 15) is 9.59 Å². The molecule has 0 saturated carbocycles. The Kier molecular flexibility index (Phi) is 7.05. The molecule has 0 unspecified atom stereocenters. The van der Waals surface area contributed by atoms with Crippen LogP contribution >= 0.6 is 0 Å². The number of carbonyl (C=O) groups is 2. The molecule has 0 saturated heterocycles. The number of aromatic nitrogens is 2. The molecule has 8 heteroatoms. The van der Waals surface area contributed by atoms with Gasteiger partial charge in [0, 0.05) is 6.20 Å². The summed E-state index contributed by atoms with van der Waals surface area (Å²) in [6.07, 6.45) is 2.27. The number of hydrogen-bond donors (Lipinski definition) is 2. The van der Waals surface area contributed by atoms with Gasteiger partial charge >= 0.3 is 0 Å². The van der Waals surface area contributed by atoms with Crippen LogP contribution in [0.3, 0.4) is 0 Å². The number of hydrazine groups is 1. The van der Waals surface area contributed by atoms with Crippen molar-refractivity contribution in [2.24, 2.45) is 0 Å². The van der Waals surface area contributed by atoms with Crippen LogP contribution < -0.4 is 20.3 Å². The summed E-state index contributed by atoms with van der Waals surface area (Å²) in [6, 6.07) is 16.7. The Morgan fingerprint density at radius 2 is 1.73 bits per heavy atom. The molecule has 0 fully saturated rings. The summed E-state index contributed by atoms with van der Waals surface area (Å²) in [7, 11) is 0. The number of amides is 2. The molecule has 1 aromatic heterocycles. The Morgan fingerprint density at radius 3 is 2.43 bits per heavy atom. The second kappa shape index (κ2) is 10.1. The van der Waals surface area contributed by atoms with Gasteiger partial charge in [0.1, 0.15) is 11.5 Å². The van der Waals surface area contributed by atoms with Crippen molar-refractivity contribution in [2.45, 2.75) is 26.5 Å². The van der Waals surface area contributed by atoms with E-state index in [1.165, 1.54) is 6.20 Å². The first-order valence-corrected chi connectivity index (χ1v) is 9.61. The maximum Gasteiger partial charge on any atom is 0.279 e. The fourth-order valence-corrected chi connectivity index (χ4v) is 2.67. The number of ether oxygens (including phenoxy) is 2. The molecule has 1 atom stereocenters. The molecule has 1 heterocycles. The van der Waals surface area contributed by atoms with E-state index < -0.39 is 17.9 Å². The summed E-state index contributed by atoms with van der Waals surface area (Å²) in [5.41, 5.74) is 6.15. The average Bonchev–Trinajstić information content (AvgIpc) is 3.22. The fourth-order valence-electron chi connectivity index (χ4n) is 2.67. The summed E-state index contributed by atoms with van der Waals surface area (Å²) in [5.74, 6) is 0.307. The van der Waals surface area contributed by atoms with Crippen LogP contribution in [-0.2, 0) is 11.3 Å². The molecule has 2 aromatic carbocycles. The third-order valence-corrected chi connectivity index (χ3v) is 4.20. The number of hydrogen-bond acceptors (Lipinski definition) is 5. The maximum absolute atomic E-state index is 12.3. The number of rotatable bonds is 8. The van der Waals surface area contributed by atoms with E-state index in [1.54, 1.807) is 42.1 Å². The summed E-state index contributed by atoms with van der Waals surface area (Å²) in [4.78, 5) is 24.5. The first-order valence-electron chi connectivity index (χ1n) is 9.61. The smallest absolute Gasteiger partial charge is 0.279 e. The fraction of sp³-hybridized carbons (Fsp3) is 0.227. The summed E-state index contributed by atoms with van der Waals surface area (Å²) >= 11 is 0. The van der Waals surface area contributed by atoms with Gasteiger partial charge in [-0.1, -0.05) is 30.3 Å². The second-order valence-electron chi connectivity index (χ2n) is 6.52. The summed E-state index contributed by atoms with van der Waals surface area (Å²) in [5, 5.41) is 4.18. The van der Waals surface area contributed by atoms with Crippen molar-refractivity contribution < 1.29 is 19.1 Å². The lowest BCUT2D eigenvalue weighted by Crippen LogP contribution is -2.47. The van der Waals surface area contributed by atoms with Crippen LogP contribution in [0.15, 0.2) is 67.0 Å². The highest BCUT2D eigenvalue weighted by molar-refractivity contribution is 5.95. The molecule has 0 spiro atoms. The van der Waals surface area contributed by atoms with Crippen LogP contribution in [-0.4, -0.2) is 34.3 Å². The second-order valence-corrected chi connectivity index (χ2v) is 6.52. The quantitative estimate of drug-likeness (QED) is 0.559. The molecule has 8 nitrogen and oxygen atoms in total. The van der Waals surface area contributed by atoms with E-state index in [0.717, 1.165) is 11.3 Å². The normalized spacial score (nSPS) is 11.4. The maximum atomic E-state index is 12.3. The van der Waals surface area contributed by atoms with Crippen molar-refractivity contribution >= 4 is 11.8 Å². The van der Waals surface area contributed by atoms with Crippen molar-refractivity contribution in [2.75, 3.05) is 6.61 Å². The molecule has 0 bridgehead atoms. The largest absolute Gasteiger partial charge is 0.494 e. The Bertz CT molecular complexity index is 970. The zero-order valence-corrected chi connectivity index (χ0v) is 16.9. The zero-order chi connectivity index (χ0) is 21.3. The lowest BCUT2D eigenvalue weighted by Gasteiger charge is -2.15. The molecule has 2 amide bonds. The SMILES string of the molecule is CCOc1ccc(O[C@@H](C)C(=O)NNC(=O)c2cnn(Cc3ccccc3)c2)cc1. The van der Waals surface area contributed by atoms with Crippen molar-refractivity contribution in [1.29, 1.82) is 0 Å². The van der Waals surface area contributed by atoms with E-state index in [4.69, 9.17) is 9.47 Å². The molecule has 30 heavy (non-hydrogen) atoms. The van der Waals surface area contributed by atoms with Gasteiger partial charge in [0.05, 0.1) is 24.9 Å². The van der Waals surface area contributed by atoms with Gasteiger partial charge in [-0.2, -0.15) is 5.10 Å². The topological polar surface area (TPSA) is 94.5 Å². The molecule has 3 aromatic rings. The molecular formula is C22H24N4O4. The third-order valence-electron chi connectivity index (χ3n) is 4.20. The van der Waals surface area contributed by atoms with E-state index >= 15 is 0 Å². The highest BCUT2D eigenvalue weighted by atomic mass is 16.5. The first-order chi connectivity index (χ1) is 14.5. The van der Waals surface area contributed by atoms with Crippen molar-refractivity contribution in [3.8, 4) is 11.5 Å². The number of benzene rings is 2. The van der Waals surface area contributed by atoms with Crippen molar-refractivity contribution in [3.05, 3.63) is 78.1 Å². The predicted molar refractivity (Wildman–Crippen MR) is 111 cm³/mol. The zero-order valence-electron chi connectivity index (χ0n) is 16.9. The van der Waals surface area contributed by atoms with Crippen LogP contribution in [0.1, 0.15) is 29.8 Å². The van der Waals surface area contributed by atoms with Gasteiger partial charge in [0.2, 0.25) is 0 Å². The summed E-state index contributed by atoms with van der Waals surface area (Å²) in [6.45, 7) is 4.62. The molecule has 0 aliphatic carbocycles. The Labute approximate surface area is 174 Å². The monoisotopic (exact) mass is 408 g/mol. The standard InChI is InChI=1S/C22H24N4O4/c1-3-29-19-9-11-20(12-10-19)30-16(2)21(27)24-25-22(28)18-13-23-26(15-18)14-17-7-5-4-6-8-17/h4-13,15-16H,3,14H2,1-2H3,(H,24,27)(H,25,28)/t16-/m0/s1. The van der Waals surface area contributed by atoms with E-state index in [-0.39, 0.29) is 0 Å². The number of carbonyl (C=O) groups excluding carboxylic acids is 2. The highest BCUT2D eigenvalue weighted by Gasteiger charge is 2.16. The summed E-state index contributed by atoms with van der Waals surface area (Å²) < 4.78 is 12.6. The van der Waals surface area contributed by atoms with E-state index in [0.29, 0.717) is 24.5 Å². The van der Waals surface area contributed by atoms with Crippen LogP contribution in [0, 0.1) is 0 Å². The lowest BCUT2D eigenvalue weighted by molar-refractivity contribution is -0.128. The van der Waals surface area contributed by atoms with Gasteiger partial charge in [-0.15, -0.1) is 0 Å². The number of nitrogens with zero attached hydrogens (tertiary/aromatic N) is 2. The lowest BCUT2D eigenvalue weighted by atomic mass is 10.2. The minimum Gasteiger partial charge on any atom is -0.494 e. The molecule has 0 aliphatic rings. The minimum absolute atomic E-state index is 0.339. The van der Waals surface area contributed by atoms with Gasteiger partial charge < -0.3 is 9.47 Å². The van der Waals surface area contributed by atoms with Gasteiger partial charge in [0.25, 0.3) is 11.8 Å². The van der Waals surface area contributed by atoms with Gasteiger partial charge in [-0.05, 0) is 43.7 Å². The number of nitrogens with one attached hydrogen (secondary N) is 2. The highest BCUT2D eigenvalue weighted by Crippen LogP contribution is 2.18. The van der Waals surface area contributed by atoms with Crippen molar-refractivity contribution in [1.82, 2.24) is 20.6 Å². The Morgan fingerprint density at radius 1 is 1.03 bits per heavy atom. The van der Waals surface area contributed by atoms with Crippen LogP contribution in [0.4, 0.5) is 0 Å². The van der Waals surface area contributed by atoms with Gasteiger partial charge in [-0.3, -0.25) is 25.1 Å². The predicted octanol–water partition coefficient (Wildman–Crippen LogP) is 2.56. The molecule has 0 radical (unpaired) electrons. The van der Waals surface area contributed by atoms with Crippen LogP contribution in [0.25, 0.3) is 0 Å². The molecule has 0 aliphatic heterocycles. The van der Waals surface area contributed by atoms with Gasteiger partial charge in [0.15, 0.2) is 6.10 Å². The van der Waals surface area contributed by atoms with Crippen LogP contribution in [0.5, 0.6) is 11.5 Å². The van der Waals surface area contributed by atoms with E-state index in [2.05, 4.69) is 16.0 Å². The van der Waals surface area contributed by atoms with E-state index in [1.807, 2.05) is 37.3 Å². The van der Waals surface area contributed by atoms with Gasteiger partial charge in [-0.25, -0.2) is 0 Å².